The Kier molecular flexibility index (Phi) is 10.1. The van der Waals surface area contributed by atoms with Crippen molar-refractivity contribution in [1.29, 1.82) is 0 Å². The number of aromatic carboxylic acids is 1. The van der Waals surface area contributed by atoms with Gasteiger partial charge in [0, 0.05) is 5.56 Å². The number of carboxylic acid groups (broad SMARTS) is 1. The van der Waals surface area contributed by atoms with Crippen molar-refractivity contribution in [2.24, 2.45) is 5.10 Å². The summed E-state index contributed by atoms with van der Waals surface area (Å²) in [7, 11) is 1.65. The van der Waals surface area contributed by atoms with E-state index < -0.39 is 5.97 Å². The average molecular weight is 732 g/mol. The molecule has 9 nitrogen and oxygen atoms in total. The van der Waals surface area contributed by atoms with Crippen LogP contribution in [0.25, 0.3) is 22.3 Å². The first kappa shape index (κ1) is 32.7. The van der Waals surface area contributed by atoms with Gasteiger partial charge in [-0.1, -0.05) is 38.1 Å². The number of hydrogen-bond donors (Lipinski definition) is 1. The topological polar surface area (TPSA) is 112 Å². The van der Waals surface area contributed by atoms with E-state index in [0.717, 1.165) is 31.6 Å². The lowest BCUT2D eigenvalue weighted by molar-refractivity contribution is 0.0697. The molecular formula is C36H34IN3O6. The van der Waals surface area contributed by atoms with Gasteiger partial charge in [0.1, 0.15) is 12.4 Å². The van der Waals surface area contributed by atoms with E-state index in [1.165, 1.54) is 4.68 Å². The summed E-state index contributed by atoms with van der Waals surface area (Å²) in [6, 6.07) is 21.5. The molecule has 0 aliphatic carbocycles. The molecule has 1 heterocycles. The number of fused-ring (bicyclic) bond motifs is 1. The highest BCUT2D eigenvalue weighted by Crippen LogP contribution is 2.36. The fourth-order valence-corrected chi connectivity index (χ4v) is 5.84. The van der Waals surface area contributed by atoms with E-state index in [0.29, 0.717) is 40.4 Å². The lowest BCUT2D eigenvalue weighted by Gasteiger charge is -2.17. The summed E-state index contributed by atoms with van der Waals surface area (Å²) in [5.41, 5.74) is 4.72. The van der Waals surface area contributed by atoms with Gasteiger partial charge >= 0.3 is 5.97 Å². The number of carboxylic acids is 1. The van der Waals surface area contributed by atoms with Crippen molar-refractivity contribution < 1.29 is 24.1 Å². The van der Waals surface area contributed by atoms with Gasteiger partial charge < -0.3 is 19.3 Å². The largest absolute Gasteiger partial charge is 0.496 e. The van der Waals surface area contributed by atoms with E-state index in [2.05, 4.69) is 41.5 Å². The number of nitrogens with zero attached hydrogens (tertiary/aromatic N) is 3. The predicted octanol–water partition coefficient (Wildman–Crippen LogP) is 7.67. The first-order chi connectivity index (χ1) is 22.1. The number of methoxy groups -OCH3 is 1. The molecule has 0 radical (unpaired) electrons. The Hall–Kier alpha value is -4.71. The lowest BCUT2D eigenvalue weighted by Crippen LogP contribution is -2.21. The van der Waals surface area contributed by atoms with Crippen molar-refractivity contribution in [3.05, 3.63) is 115 Å². The van der Waals surface area contributed by atoms with Crippen molar-refractivity contribution in [2.45, 2.75) is 40.2 Å². The summed E-state index contributed by atoms with van der Waals surface area (Å²) < 4.78 is 19.8. The maximum absolute atomic E-state index is 13.9. The summed E-state index contributed by atoms with van der Waals surface area (Å²) in [6.45, 7) is 8.68. The third kappa shape index (κ3) is 6.91. The van der Waals surface area contributed by atoms with Crippen LogP contribution in [0.3, 0.4) is 0 Å². The Morgan fingerprint density at radius 3 is 2.46 bits per heavy atom. The van der Waals surface area contributed by atoms with Gasteiger partial charge in [-0.05, 0) is 113 Å². The van der Waals surface area contributed by atoms with Crippen LogP contribution in [0.5, 0.6) is 17.2 Å². The van der Waals surface area contributed by atoms with Gasteiger partial charge in [-0.3, -0.25) is 4.79 Å². The molecule has 0 atom stereocenters. The van der Waals surface area contributed by atoms with Crippen molar-refractivity contribution in [3.63, 3.8) is 0 Å². The normalized spacial score (nSPS) is 11.4. The molecule has 0 fully saturated rings. The van der Waals surface area contributed by atoms with E-state index in [9.17, 15) is 9.59 Å². The molecule has 1 N–H and O–H groups in total. The predicted molar refractivity (Wildman–Crippen MR) is 188 cm³/mol. The summed E-state index contributed by atoms with van der Waals surface area (Å²) in [6.07, 6.45) is 1.61. The first-order valence-corrected chi connectivity index (χ1v) is 15.9. The summed E-state index contributed by atoms with van der Waals surface area (Å²) >= 11 is 2.18. The van der Waals surface area contributed by atoms with Gasteiger partial charge in [0.25, 0.3) is 5.56 Å². The molecule has 4 aromatic carbocycles. The molecule has 46 heavy (non-hydrogen) atoms. The molecule has 0 aliphatic heterocycles. The molecule has 0 saturated heterocycles. The molecule has 0 bridgehead atoms. The van der Waals surface area contributed by atoms with Crippen molar-refractivity contribution in [3.8, 4) is 28.6 Å². The fourth-order valence-electron chi connectivity index (χ4n) is 5.06. The second kappa shape index (κ2) is 14.2. The second-order valence-corrected chi connectivity index (χ2v) is 12.1. The molecule has 0 unspecified atom stereocenters. The molecule has 0 amide bonds. The summed E-state index contributed by atoms with van der Waals surface area (Å²) in [5.74, 6) is 1.49. The molecule has 0 saturated carbocycles. The number of aromatic nitrogens is 2. The van der Waals surface area contributed by atoms with Crippen molar-refractivity contribution >= 4 is 45.7 Å². The van der Waals surface area contributed by atoms with Crippen LogP contribution in [-0.2, 0) is 6.61 Å². The number of hydrogen-bond acceptors (Lipinski definition) is 7. The third-order valence-electron chi connectivity index (χ3n) is 7.43. The van der Waals surface area contributed by atoms with Gasteiger partial charge in [0.15, 0.2) is 17.3 Å². The maximum Gasteiger partial charge on any atom is 0.335 e. The molecular weight excluding hydrogens is 697 g/mol. The van der Waals surface area contributed by atoms with Crippen LogP contribution in [-0.4, -0.2) is 40.7 Å². The number of benzene rings is 4. The quantitative estimate of drug-likeness (QED) is 0.110. The Morgan fingerprint density at radius 1 is 1.04 bits per heavy atom. The fraction of sp³-hybridized carbons (Fsp3) is 0.222. The number of rotatable bonds is 11. The van der Waals surface area contributed by atoms with Gasteiger partial charge in [-0.2, -0.15) is 9.78 Å². The third-order valence-corrected chi connectivity index (χ3v) is 8.23. The molecule has 236 valence electrons. The highest BCUT2D eigenvalue weighted by Gasteiger charge is 2.19. The van der Waals surface area contributed by atoms with E-state index in [-0.39, 0.29) is 23.6 Å². The van der Waals surface area contributed by atoms with E-state index in [4.69, 9.17) is 24.3 Å². The molecule has 1 aromatic heterocycles. The van der Waals surface area contributed by atoms with Crippen LogP contribution in [0, 0.1) is 10.5 Å². The Labute approximate surface area is 280 Å². The number of halogens is 1. The highest BCUT2D eigenvalue weighted by atomic mass is 127. The summed E-state index contributed by atoms with van der Waals surface area (Å²) in [4.78, 5) is 30.0. The van der Waals surface area contributed by atoms with E-state index >= 15 is 0 Å². The minimum Gasteiger partial charge on any atom is -0.496 e. The average Bonchev–Trinajstić information content (AvgIpc) is 3.04. The molecule has 0 spiro atoms. The van der Waals surface area contributed by atoms with E-state index in [1.54, 1.807) is 43.7 Å². The van der Waals surface area contributed by atoms with Crippen LogP contribution >= 0.6 is 22.6 Å². The molecule has 0 aliphatic rings. The Morgan fingerprint density at radius 2 is 1.78 bits per heavy atom. The minimum absolute atomic E-state index is 0.183. The Bertz CT molecular complexity index is 2000. The van der Waals surface area contributed by atoms with Crippen LogP contribution in [0.1, 0.15) is 59.3 Å². The van der Waals surface area contributed by atoms with Crippen LogP contribution in [0.15, 0.2) is 82.7 Å². The highest BCUT2D eigenvalue weighted by molar-refractivity contribution is 14.1. The number of para-hydroxylation sites is 1. The van der Waals surface area contributed by atoms with Gasteiger partial charge in [0.05, 0.1) is 40.0 Å². The van der Waals surface area contributed by atoms with Crippen LogP contribution < -0.4 is 19.8 Å². The van der Waals surface area contributed by atoms with Gasteiger partial charge in [-0.15, -0.1) is 0 Å². The number of ether oxygens (including phenoxy) is 3. The van der Waals surface area contributed by atoms with Gasteiger partial charge in [0.2, 0.25) is 0 Å². The smallest absolute Gasteiger partial charge is 0.335 e. The van der Waals surface area contributed by atoms with Crippen molar-refractivity contribution in [2.75, 3.05) is 13.7 Å². The van der Waals surface area contributed by atoms with Crippen LogP contribution in [0.4, 0.5) is 0 Å². The zero-order valence-electron chi connectivity index (χ0n) is 26.2. The second-order valence-electron chi connectivity index (χ2n) is 10.9. The molecule has 10 heteroatoms. The monoisotopic (exact) mass is 731 g/mol. The Balaban J connectivity index is 1.56. The van der Waals surface area contributed by atoms with Crippen molar-refractivity contribution in [1.82, 2.24) is 9.66 Å². The number of carbonyl (C=O) groups is 1. The van der Waals surface area contributed by atoms with Gasteiger partial charge in [-0.25, -0.2) is 9.78 Å². The molecule has 5 aromatic rings. The first-order valence-electron chi connectivity index (χ1n) is 14.8. The van der Waals surface area contributed by atoms with Crippen LogP contribution in [0.2, 0.25) is 0 Å². The van der Waals surface area contributed by atoms with E-state index in [1.807, 2.05) is 56.3 Å². The maximum atomic E-state index is 13.9. The number of aryl methyl sites for hydroxylation is 1. The minimum atomic E-state index is -0.980. The zero-order chi connectivity index (χ0) is 33.0. The zero-order valence-corrected chi connectivity index (χ0v) is 28.4. The standard InChI is InChI=1S/C36H34IN3O6/c1-6-45-32-17-24(16-29(37)33(32)46-20-23-11-13-25(14-12-23)36(42)43)19-38-40-34(39-30-10-8-7-9-26(30)35(40)41)28-18-27(21(2)3)31(44-5)15-22(28)4/h7-19,21H,6,20H2,1-5H3,(H,42,43). The SMILES string of the molecule is CCOc1cc(C=Nn2c(-c3cc(C(C)C)c(OC)cc3C)nc3ccccc3c2=O)cc(I)c1OCc1ccc(C(=O)O)cc1. The summed E-state index contributed by atoms with van der Waals surface area (Å²) in [5, 5.41) is 14.3. The molecule has 5 rings (SSSR count). The lowest BCUT2D eigenvalue weighted by atomic mass is 9.96.